The van der Waals surface area contributed by atoms with Crippen LogP contribution in [0.15, 0.2) is 29.2 Å². The number of piperidine rings is 1. The van der Waals surface area contributed by atoms with Crippen LogP contribution in [0.2, 0.25) is 0 Å². The average Bonchev–Trinajstić information content (AvgIpc) is 2.99. The van der Waals surface area contributed by atoms with E-state index >= 15 is 0 Å². The van der Waals surface area contributed by atoms with E-state index in [-0.39, 0.29) is 6.04 Å². The van der Waals surface area contributed by atoms with Crippen molar-refractivity contribution < 1.29 is 8.42 Å². The van der Waals surface area contributed by atoms with Crippen molar-refractivity contribution in [1.29, 1.82) is 0 Å². The molecule has 1 unspecified atom stereocenters. The van der Waals surface area contributed by atoms with Gasteiger partial charge in [0.25, 0.3) is 0 Å². The van der Waals surface area contributed by atoms with Crippen LogP contribution in [0.3, 0.4) is 0 Å². The highest BCUT2D eigenvalue weighted by Crippen LogP contribution is 2.33. The zero-order valence-corrected chi connectivity index (χ0v) is 13.4. The van der Waals surface area contributed by atoms with E-state index in [1.165, 1.54) is 0 Å². The van der Waals surface area contributed by atoms with Crippen LogP contribution in [0, 0.1) is 12.8 Å². The zero-order valence-electron chi connectivity index (χ0n) is 12.6. The Morgan fingerprint density at radius 2 is 1.76 bits per heavy atom. The maximum Gasteiger partial charge on any atom is 0.243 e. The summed E-state index contributed by atoms with van der Waals surface area (Å²) in [4.78, 5) is 0.439. The predicted octanol–water partition coefficient (Wildman–Crippen LogP) is 2.15. The SMILES string of the molecule is Cc1ccc(S(=O)(=O)N2CCCC2C2CCNCC2)cc1. The molecule has 3 rings (SSSR count). The van der Waals surface area contributed by atoms with Gasteiger partial charge in [-0.05, 0) is 63.7 Å². The molecule has 1 aromatic rings. The van der Waals surface area contributed by atoms with Crippen LogP contribution in [0.1, 0.15) is 31.2 Å². The lowest BCUT2D eigenvalue weighted by Crippen LogP contribution is -2.43. The fraction of sp³-hybridized carbons (Fsp3) is 0.625. The monoisotopic (exact) mass is 308 g/mol. The fourth-order valence-corrected chi connectivity index (χ4v) is 5.36. The number of nitrogens with zero attached hydrogens (tertiary/aromatic N) is 1. The van der Waals surface area contributed by atoms with Crippen LogP contribution >= 0.6 is 0 Å². The molecule has 116 valence electrons. The Morgan fingerprint density at radius 1 is 1.10 bits per heavy atom. The van der Waals surface area contributed by atoms with Crippen LogP contribution in [0.5, 0.6) is 0 Å². The summed E-state index contributed by atoms with van der Waals surface area (Å²) in [5.41, 5.74) is 1.09. The van der Waals surface area contributed by atoms with Crippen LogP contribution in [-0.2, 0) is 10.0 Å². The summed E-state index contributed by atoms with van der Waals surface area (Å²) in [6, 6.07) is 7.43. The number of rotatable bonds is 3. The number of sulfonamides is 1. The summed E-state index contributed by atoms with van der Waals surface area (Å²) >= 11 is 0. The smallest absolute Gasteiger partial charge is 0.243 e. The molecule has 0 amide bonds. The molecule has 2 saturated heterocycles. The summed E-state index contributed by atoms with van der Waals surface area (Å²) in [5, 5.41) is 3.36. The molecule has 0 radical (unpaired) electrons. The third-order valence-corrected chi connectivity index (χ3v) is 6.74. The normalized spacial score (nSPS) is 25.3. The van der Waals surface area contributed by atoms with Gasteiger partial charge in [-0.1, -0.05) is 17.7 Å². The van der Waals surface area contributed by atoms with Crippen molar-refractivity contribution in [1.82, 2.24) is 9.62 Å². The van der Waals surface area contributed by atoms with E-state index in [4.69, 9.17) is 0 Å². The van der Waals surface area contributed by atoms with Crippen molar-refractivity contribution in [2.75, 3.05) is 19.6 Å². The van der Waals surface area contributed by atoms with E-state index < -0.39 is 10.0 Å². The van der Waals surface area contributed by atoms with Crippen molar-refractivity contribution in [3.8, 4) is 0 Å². The van der Waals surface area contributed by atoms with E-state index in [0.29, 0.717) is 17.4 Å². The van der Waals surface area contributed by atoms with Crippen molar-refractivity contribution >= 4 is 10.0 Å². The van der Waals surface area contributed by atoms with Gasteiger partial charge in [0.1, 0.15) is 0 Å². The molecule has 2 heterocycles. The number of aryl methyl sites for hydroxylation is 1. The lowest BCUT2D eigenvalue weighted by atomic mass is 9.89. The van der Waals surface area contributed by atoms with Crippen molar-refractivity contribution in [2.45, 2.75) is 43.5 Å². The first kappa shape index (κ1) is 15.0. The summed E-state index contributed by atoms with van der Waals surface area (Å²) in [6.07, 6.45) is 4.17. The molecule has 0 saturated carbocycles. The molecule has 0 aliphatic carbocycles. The van der Waals surface area contributed by atoms with Crippen molar-refractivity contribution in [3.05, 3.63) is 29.8 Å². The first-order valence-electron chi connectivity index (χ1n) is 7.88. The second-order valence-corrected chi connectivity index (χ2v) is 8.12. The first-order chi connectivity index (χ1) is 10.1. The standard InChI is InChI=1S/C16H24N2O2S/c1-13-4-6-15(7-5-13)21(19,20)18-12-2-3-16(18)14-8-10-17-11-9-14/h4-7,14,16-17H,2-3,8-12H2,1H3. The van der Waals surface area contributed by atoms with E-state index in [9.17, 15) is 8.42 Å². The zero-order chi connectivity index (χ0) is 14.9. The van der Waals surface area contributed by atoms with E-state index in [1.807, 2.05) is 19.1 Å². The minimum absolute atomic E-state index is 0.193. The van der Waals surface area contributed by atoms with Crippen LogP contribution in [0.25, 0.3) is 0 Å². The van der Waals surface area contributed by atoms with E-state index in [1.54, 1.807) is 16.4 Å². The minimum atomic E-state index is -3.34. The molecule has 21 heavy (non-hydrogen) atoms. The molecule has 0 aromatic heterocycles. The molecule has 4 nitrogen and oxygen atoms in total. The molecule has 2 aliphatic heterocycles. The van der Waals surface area contributed by atoms with E-state index in [0.717, 1.165) is 44.3 Å². The lowest BCUT2D eigenvalue weighted by molar-refractivity contribution is 0.235. The summed E-state index contributed by atoms with van der Waals surface area (Å²) in [5.74, 6) is 0.508. The van der Waals surface area contributed by atoms with Gasteiger partial charge in [0.05, 0.1) is 4.90 Å². The van der Waals surface area contributed by atoms with Gasteiger partial charge >= 0.3 is 0 Å². The Labute approximate surface area is 127 Å². The van der Waals surface area contributed by atoms with Gasteiger partial charge < -0.3 is 5.32 Å². The molecular formula is C16H24N2O2S. The highest BCUT2D eigenvalue weighted by atomic mass is 32.2. The Hall–Kier alpha value is -0.910. The molecule has 2 aliphatic rings. The van der Waals surface area contributed by atoms with Crippen LogP contribution < -0.4 is 5.32 Å². The fourth-order valence-electron chi connectivity index (χ4n) is 3.61. The molecule has 0 spiro atoms. The number of hydrogen-bond acceptors (Lipinski definition) is 3. The maximum atomic E-state index is 12.9. The third-order valence-electron chi connectivity index (χ3n) is 4.80. The van der Waals surface area contributed by atoms with Crippen molar-refractivity contribution in [3.63, 3.8) is 0 Å². The molecule has 1 aromatic carbocycles. The Morgan fingerprint density at radius 3 is 2.43 bits per heavy atom. The molecule has 5 heteroatoms. The summed E-state index contributed by atoms with van der Waals surface area (Å²) in [7, 11) is -3.34. The van der Waals surface area contributed by atoms with Crippen LogP contribution in [0.4, 0.5) is 0 Å². The van der Waals surface area contributed by atoms with E-state index in [2.05, 4.69) is 5.32 Å². The number of nitrogens with one attached hydrogen (secondary N) is 1. The maximum absolute atomic E-state index is 12.9. The highest BCUT2D eigenvalue weighted by Gasteiger charge is 2.39. The predicted molar refractivity (Wildman–Crippen MR) is 83.7 cm³/mol. The highest BCUT2D eigenvalue weighted by molar-refractivity contribution is 7.89. The molecule has 2 fully saturated rings. The van der Waals surface area contributed by atoms with Gasteiger partial charge in [0.15, 0.2) is 0 Å². The molecule has 0 bridgehead atoms. The Balaban J connectivity index is 1.84. The topological polar surface area (TPSA) is 49.4 Å². The van der Waals surface area contributed by atoms with Gasteiger partial charge in [-0.2, -0.15) is 4.31 Å². The number of hydrogen-bond donors (Lipinski definition) is 1. The third kappa shape index (κ3) is 3.00. The van der Waals surface area contributed by atoms with Gasteiger partial charge in [-0.25, -0.2) is 8.42 Å². The first-order valence-corrected chi connectivity index (χ1v) is 9.32. The molecule has 1 atom stereocenters. The van der Waals surface area contributed by atoms with Gasteiger partial charge in [0, 0.05) is 12.6 Å². The minimum Gasteiger partial charge on any atom is -0.317 e. The molecule has 1 N–H and O–H groups in total. The van der Waals surface area contributed by atoms with Gasteiger partial charge in [-0.15, -0.1) is 0 Å². The quantitative estimate of drug-likeness (QED) is 0.931. The number of benzene rings is 1. The Bertz CT molecular complexity index is 577. The van der Waals surface area contributed by atoms with Crippen molar-refractivity contribution in [2.24, 2.45) is 5.92 Å². The summed E-state index contributed by atoms with van der Waals surface area (Å²) < 4.78 is 27.6. The van der Waals surface area contributed by atoms with Crippen LogP contribution in [-0.4, -0.2) is 38.4 Å². The average molecular weight is 308 g/mol. The van der Waals surface area contributed by atoms with Gasteiger partial charge in [-0.3, -0.25) is 0 Å². The van der Waals surface area contributed by atoms with Gasteiger partial charge in [0.2, 0.25) is 10.0 Å². The Kier molecular flexibility index (Phi) is 4.33. The summed E-state index contributed by atoms with van der Waals surface area (Å²) in [6.45, 7) is 4.67. The second-order valence-electron chi connectivity index (χ2n) is 6.23. The molecular weight excluding hydrogens is 284 g/mol. The lowest BCUT2D eigenvalue weighted by Gasteiger charge is -2.33. The largest absolute Gasteiger partial charge is 0.317 e. The second kappa shape index (κ2) is 6.07.